The number of rotatable bonds is 9. The number of hydrogen-bond acceptors (Lipinski definition) is 3. The number of carbonyl (C=O) groups is 1. The van der Waals surface area contributed by atoms with Crippen molar-refractivity contribution in [2.24, 2.45) is 5.41 Å². The van der Waals surface area contributed by atoms with E-state index in [1.54, 1.807) is 0 Å². The highest BCUT2D eigenvalue weighted by molar-refractivity contribution is 7.84. The minimum atomic E-state index is -2.02. The molecule has 4 nitrogen and oxygen atoms in total. The van der Waals surface area contributed by atoms with E-state index in [0.717, 1.165) is 24.5 Å². The predicted molar refractivity (Wildman–Crippen MR) is 152 cm³/mol. The van der Waals surface area contributed by atoms with E-state index in [9.17, 15) is 9.00 Å². The summed E-state index contributed by atoms with van der Waals surface area (Å²) in [6.07, 6.45) is 4.25. The highest BCUT2D eigenvalue weighted by Gasteiger charge is 2.54. The SMILES string of the molecule is C=CC/C(=C1/CN(S(=O)C(C)(C)C)C[C@]1(CCC)C(=O)OC(C)(C)C)[Si](C)(C)Cc1ccccc1. The van der Waals surface area contributed by atoms with Gasteiger partial charge in [-0.15, -0.1) is 6.58 Å². The molecule has 2 atom stereocenters. The maximum Gasteiger partial charge on any atom is 0.318 e. The Kier molecular flexibility index (Phi) is 9.57. The van der Waals surface area contributed by atoms with Crippen molar-refractivity contribution in [3.05, 3.63) is 59.3 Å². The van der Waals surface area contributed by atoms with Crippen LogP contribution in [0.5, 0.6) is 0 Å². The Hall–Kier alpha value is -1.50. The molecule has 1 heterocycles. The normalized spacial score (nSPS) is 22.1. The second-order valence-electron chi connectivity index (χ2n) is 12.5. The maximum atomic E-state index is 14.0. The standard InChI is InChI=1S/C29H47NO3SSi/c1-11-16-25(35(9,10)21-23-17-14-13-15-18-23)24-20-30(34(32)28(6,7)8)22-29(24,19-12-2)26(31)33-27(3,4)5/h11,13-15,17-18H,1,12,16,19-22H2,2-10H3/b25-24+/t29-,34?/m0/s1. The van der Waals surface area contributed by atoms with E-state index >= 15 is 0 Å². The number of benzene rings is 1. The summed E-state index contributed by atoms with van der Waals surface area (Å²) in [5.74, 6) is -0.179. The van der Waals surface area contributed by atoms with Crippen LogP contribution in [0.2, 0.25) is 13.1 Å². The monoisotopic (exact) mass is 517 g/mol. The van der Waals surface area contributed by atoms with Crippen LogP contribution in [0.4, 0.5) is 0 Å². The van der Waals surface area contributed by atoms with Gasteiger partial charge in [-0.05, 0) is 66.0 Å². The van der Waals surface area contributed by atoms with Crippen LogP contribution in [-0.2, 0) is 26.6 Å². The van der Waals surface area contributed by atoms with Crippen LogP contribution >= 0.6 is 0 Å². The van der Waals surface area contributed by atoms with Crippen molar-refractivity contribution in [2.75, 3.05) is 13.1 Å². The van der Waals surface area contributed by atoms with Crippen LogP contribution < -0.4 is 0 Å². The summed E-state index contributed by atoms with van der Waals surface area (Å²) < 4.78 is 21.3. The van der Waals surface area contributed by atoms with Crippen LogP contribution in [0.25, 0.3) is 0 Å². The average molecular weight is 518 g/mol. The van der Waals surface area contributed by atoms with Gasteiger partial charge in [-0.3, -0.25) is 4.79 Å². The molecule has 1 saturated heterocycles. The number of hydrogen-bond donors (Lipinski definition) is 0. The van der Waals surface area contributed by atoms with Crippen LogP contribution in [-0.4, -0.2) is 46.0 Å². The van der Waals surface area contributed by atoms with Crippen LogP contribution in [0, 0.1) is 5.41 Å². The molecule has 35 heavy (non-hydrogen) atoms. The van der Waals surface area contributed by atoms with E-state index in [2.05, 4.69) is 50.9 Å². The molecular formula is C29H47NO3SSi. The highest BCUT2D eigenvalue weighted by atomic mass is 32.2. The van der Waals surface area contributed by atoms with Gasteiger partial charge >= 0.3 is 5.97 Å². The van der Waals surface area contributed by atoms with Gasteiger partial charge < -0.3 is 4.74 Å². The summed E-state index contributed by atoms with van der Waals surface area (Å²) in [4.78, 5) is 14.0. The van der Waals surface area contributed by atoms with Crippen molar-refractivity contribution in [1.29, 1.82) is 0 Å². The molecular weight excluding hydrogens is 470 g/mol. The minimum Gasteiger partial charge on any atom is -0.459 e. The Labute approximate surface area is 217 Å². The van der Waals surface area contributed by atoms with Gasteiger partial charge in [-0.1, -0.05) is 73.6 Å². The zero-order chi connectivity index (χ0) is 26.7. The summed E-state index contributed by atoms with van der Waals surface area (Å²) in [5, 5.41) is 1.35. The van der Waals surface area contributed by atoms with Gasteiger partial charge in [0.2, 0.25) is 0 Å². The van der Waals surface area contributed by atoms with E-state index < -0.39 is 34.8 Å². The maximum absolute atomic E-state index is 14.0. The zero-order valence-electron chi connectivity index (χ0n) is 23.5. The number of nitrogens with zero attached hydrogens (tertiary/aromatic N) is 1. The summed E-state index contributed by atoms with van der Waals surface area (Å²) in [6, 6.07) is 11.6. The van der Waals surface area contributed by atoms with Crippen LogP contribution in [0.1, 0.15) is 73.3 Å². The first-order chi connectivity index (χ1) is 16.1. The molecule has 0 N–H and O–H groups in total. The molecule has 0 amide bonds. The van der Waals surface area contributed by atoms with Gasteiger partial charge in [0, 0.05) is 13.1 Å². The molecule has 1 aliphatic rings. The molecule has 1 aromatic carbocycles. The number of ether oxygens (including phenoxy) is 1. The van der Waals surface area contributed by atoms with E-state index in [1.807, 2.05) is 58.0 Å². The van der Waals surface area contributed by atoms with Crippen molar-refractivity contribution < 1.29 is 13.7 Å². The first-order valence-corrected chi connectivity index (χ1v) is 17.2. The van der Waals surface area contributed by atoms with E-state index in [4.69, 9.17) is 4.74 Å². The lowest BCUT2D eigenvalue weighted by atomic mass is 9.78. The van der Waals surface area contributed by atoms with Crippen molar-refractivity contribution in [3.63, 3.8) is 0 Å². The predicted octanol–water partition coefficient (Wildman–Crippen LogP) is 6.79. The van der Waals surface area contributed by atoms with Gasteiger partial charge in [0.05, 0.1) is 12.8 Å². The van der Waals surface area contributed by atoms with Crippen molar-refractivity contribution >= 4 is 25.0 Å². The minimum absolute atomic E-state index is 0.179. The van der Waals surface area contributed by atoms with Crippen LogP contribution in [0.3, 0.4) is 0 Å². The molecule has 0 bridgehead atoms. The Morgan fingerprint density at radius 1 is 1.17 bits per heavy atom. The van der Waals surface area contributed by atoms with Crippen molar-refractivity contribution in [1.82, 2.24) is 4.31 Å². The van der Waals surface area contributed by atoms with E-state index in [1.165, 1.54) is 10.8 Å². The summed E-state index contributed by atoms with van der Waals surface area (Å²) in [7, 11) is -3.24. The summed E-state index contributed by atoms with van der Waals surface area (Å²) in [5.41, 5.74) is 1.08. The number of carbonyl (C=O) groups excluding carboxylic acids is 1. The van der Waals surface area contributed by atoms with E-state index in [0.29, 0.717) is 19.5 Å². The molecule has 1 aliphatic heterocycles. The molecule has 1 unspecified atom stereocenters. The van der Waals surface area contributed by atoms with Crippen molar-refractivity contribution in [3.8, 4) is 0 Å². The fourth-order valence-electron chi connectivity index (χ4n) is 5.16. The zero-order valence-corrected chi connectivity index (χ0v) is 25.3. The molecule has 0 aromatic heterocycles. The quantitative estimate of drug-likeness (QED) is 0.206. The fourth-order valence-corrected chi connectivity index (χ4v) is 9.82. The summed E-state index contributed by atoms with van der Waals surface area (Å²) in [6.45, 7) is 23.7. The third kappa shape index (κ3) is 7.27. The molecule has 0 spiro atoms. The second-order valence-corrected chi connectivity index (χ2v) is 19.5. The molecule has 0 saturated carbocycles. The van der Waals surface area contributed by atoms with Gasteiger partial charge in [-0.2, -0.15) is 0 Å². The smallest absolute Gasteiger partial charge is 0.318 e. The van der Waals surface area contributed by atoms with Crippen molar-refractivity contribution in [2.45, 2.75) is 97.2 Å². The largest absolute Gasteiger partial charge is 0.459 e. The lowest BCUT2D eigenvalue weighted by Gasteiger charge is -2.36. The lowest BCUT2D eigenvalue weighted by Crippen LogP contribution is -2.44. The van der Waals surface area contributed by atoms with Gasteiger partial charge in [0.25, 0.3) is 0 Å². The third-order valence-corrected chi connectivity index (χ3v) is 11.8. The first kappa shape index (κ1) is 29.7. The number of allylic oxidation sites excluding steroid dienone is 2. The second kappa shape index (κ2) is 11.3. The Balaban J connectivity index is 2.75. The molecule has 0 radical (unpaired) electrons. The van der Waals surface area contributed by atoms with E-state index in [-0.39, 0.29) is 5.97 Å². The Bertz CT molecular complexity index is 956. The van der Waals surface area contributed by atoms with Gasteiger partial charge in [0.15, 0.2) is 0 Å². The van der Waals surface area contributed by atoms with Crippen LogP contribution in [0.15, 0.2) is 53.8 Å². The molecule has 1 fully saturated rings. The van der Waals surface area contributed by atoms with Gasteiger partial charge in [0.1, 0.15) is 22.0 Å². The highest BCUT2D eigenvalue weighted by Crippen LogP contribution is 2.47. The third-order valence-electron chi connectivity index (χ3n) is 6.60. The Morgan fingerprint density at radius 3 is 2.26 bits per heavy atom. The molecule has 2 rings (SSSR count). The molecule has 196 valence electrons. The Morgan fingerprint density at radius 2 is 1.77 bits per heavy atom. The summed E-state index contributed by atoms with van der Waals surface area (Å²) >= 11 is 0. The molecule has 1 aromatic rings. The first-order valence-electron chi connectivity index (χ1n) is 12.9. The van der Waals surface area contributed by atoms with Gasteiger partial charge in [-0.25, -0.2) is 8.51 Å². The topological polar surface area (TPSA) is 46.6 Å². The molecule has 0 aliphatic carbocycles. The molecule has 6 heteroatoms. The number of esters is 1. The lowest BCUT2D eigenvalue weighted by molar-refractivity contribution is -0.165. The average Bonchev–Trinajstić information content (AvgIpc) is 3.10. The fraction of sp³-hybridized carbons (Fsp3) is 0.621.